The molecule has 132 valence electrons. The van der Waals surface area contributed by atoms with Crippen molar-refractivity contribution in [2.75, 3.05) is 0 Å². The molecule has 0 radical (unpaired) electrons. The van der Waals surface area contributed by atoms with Gasteiger partial charge in [-0.05, 0) is 54.6 Å². The van der Waals surface area contributed by atoms with Crippen LogP contribution < -0.4 is 0 Å². The highest BCUT2D eigenvalue weighted by Crippen LogP contribution is 2.71. The molecule has 5 unspecified atom stereocenters. The lowest BCUT2D eigenvalue weighted by atomic mass is 9.59. The Hall–Kier alpha value is -0.970. The Morgan fingerprint density at radius 2 is 1.71 bits per heavy atom. The maximum atomic E-state index is 13.7. The third kappa shape index (κ3) is 1.50. The zero-order chi connectivity index (χ0) is 17.8. The fourth-order valence-electron chi connectivity index (χ4n) is 6.41. The van der Waals surface area contributed by atoms with Crippen LogP contribution >= 0.6 is 0 Å². The predicted octanol–water partition coefficient (Wildman–Crippen LogP) is 1.84. The van der Waals surface area contributed by atoms with E-state index in [2.05, 4.69) is 13.8 Å². The molecular weight excluding hydrogens is 304 g/mol. The topological polar surface area (TPSA) is 77.8 Å². The van der Waals surface area contributed by atoms with Gasteiger partial charge in [-0.15, -0.1) is 0 Å². The van der Waals surface area contributed by atoms with Gasteiger partial charge in [0.1, 0.15) is 17.8 Å². The molecule has 0 aromatic rings. The van der Waals surface area contributed by atoms with Gasteiger partial charge in [-0.25, -0.2) is 0 Å². The summed E-state index contributed by atoms with van der Waals surface area (Å²) in [6.45, 7) is 9.91. The van der Waals surface area contributed by atoms with E-state index >= 15 is 0 Å². The van der Waals surface area contributed by atoms with Crippen LogP contribution in [0.25, 0.3) is 0 Å². The van der Waals surface area contributed by atoms with Gasteiger partial charge in [0.2, 0.25) is 0 Å². The van der Waals surface area contributed by atoms with Crippen molar-refractivity contribution >= 4 is 5.78 Å². The molecule has 2 bridgehead atoms. The number of carbonyl (C=O) groups excluding carboxylic acids is 1. The summed E-state index contributed by atoms with van der Waals surface area (Å²) in [5, 5.41) is 33.2. The zero-order valence-electron chi connectivity index (χ0n) is 15.1. The van der Waals surface area contributed by atoms with Crippen LogP contribution in [0.5, 0.6) is 0 Å². The van der Waals surface area contributed by atoms with Crippen molar-refractivity contribution in [3.05, 3.63) is 23.3 Å². The molecular formula is C20H28O4. The average molecular weight is 332 g/mol. The summed E-state index contributed by atoms with van der Waals surface area (Å²) in [7, 11) is 0. The maximum Gasteiger partial charge on any atom is 0.153 e. The summed E-state index contributed by atoms with van der Waals surface area (Å²) in [4.78, 5) is 13.7. The molecule has 0 aliphatic heterocycles. The van der Waals surface area contributed by atoms with Crippen LogP contribution in [0, 0.1) is 34.5 Å². The second-order valence-electron chi connectivity index (χ2n) is 9.28. The zero-order valence-corrected chi connectivity index (χ0v) is 15.1. The van der Waals surface area contributed by atoms with Gasteiger partial charge in [-0.1, -0.05) is 32.9 Å². The first-order chi connectivity index (χ1) is 11.0. The molecule has 4 aliphatic carbocycles. The van der Waals surface area contributed by atoms with Gasteiger partial charge in [0, 0.05) is 5.92 Å². The molecule has 0 saturated heterocycles. The molecule has 3 N–H and O–H groups in total. The molecule has 0 aromatic heterocycles. The Kier molecular flexibility index (Phi) is 3.03. The molecule has 2 saturated carbocycles. The Balaban J connectivity index is 1.99. The normalized spacial score (nSPS) is 54.9. The molecule has 8 atom stereocenters. The number of carbonyl (C=O) groups is 1. The highest BCUT2D eigenvalue weighted by molar-refractivity contribution is 5.95. The number of aliphatic hydroxyl groups is 3. The molecule has 2 fully saturated rings. The van der Waals surface area contributed by atoms with E-state index in [0.29, 0.717) is 17.1 Å². The summed E-state index contributed by atoms with van der Waals surface area (Å²) in [6, 6.07) is 0. The Labute approximate surface area is 143 Å². The second-order valence-corrected chi connectivity index (χ2v) is 9.28. The van der Waals surface area contributed by atoms with Crippen LogP contribution in [0.2, 0.25) is 0 Å². The first-order valence-corrected chi connectivity index (χ1v) is 9.01. The number of ketones is 1. The number of aliphatic hydroxyl groups excluding tert-OH is 2. The van der Waals surface area contributed by atoms with Crippen molar-refractivity contribution in [1.29, 1.82) is 0 Å². The lowest BCUT2D eigenvalue weighted by Crippen LogP contribution is -2.64. The number of allylic oxidation sites excluding steroid dienone is 1. The number of hydrogen-bond donors (Lipinski definition) is 3. The van der Waals surface area contributed by atoms with Gasteiger partial charge in [0.25, 0.3) is 0 Å². The van der Waals surface area contributed by atoms with E-state index in [-0.39, 0.29) is 29.0 Å². The maximum absolute atomic E-state index is 13.7. The second kappa shape index (κ2) is 4.40. The van der Waals surface area contributed by atoms with Gasteiger partial charge < -0.3 is 15.3 Å². The van der Waals surface area contributed by atoms with Crippen molar-refractivity contribution < 1.29 is 20.1 Å². The number of rotatable bonds is 0. The summed E-state index contributed by atoms with van der Waals surface area (Å²) in [5.41, 5.74) is -1.80. The van der Waals surface area contributed by atoms with E-state index in [4.69, 9.17) is 0 Å². The van der Waals surface area contributed by atoms with Gasteiger partial charge >= 0.3 is 0 Å². The molecule has 0 amide bonds. The highest BCUT2D eigenvalue weighted by atomic mass is 16.4. The number of hydrogen-bond acceptors (Lipinski definition) is 4. The fraction of sp³-hybridized carbons (Fsp3) is 0.750. The Morgan fingerprint density at radius 1 is 1.12 bits per heavy atom. The average Bonchev–Trinajstić information content (AvgIpc) is 3.01. The fourth-order valence-corrected chi connectivity index (χ4v) is 6.41. The number of Topliss-reactive ketones (excluding diaryl/α,β-unsaturated/α-hetero) is 1. The minimum atomic E-state index is -1.87. The van der Waals surface area contributed by atoms with E-state index in [9.17, 15) is 20.1 Å². The van der Waals surface area contributed by atoms with E-state index < -0.39 is 23.2 Å². The quantitative estimate of drug-likeness (QED) is 0.592. The first kappa shape index (κ1) is 16.5. The molecule has 24 heavy (non-hydrogen) atoms. The molecule has 4 nitrogen and oxygen atoms in total. The molecule has 4 aliphatic rings. The molecule has 0 heterocycles. The monoisotopic (exact) mass is 332 g/mol. The van der Waals surface area contributed by atoms with Crippen LogP contribution in [-0.2, 0) is 4.79 Å². The number of fused-ring (bicyclic) bond motifs is 3. The predicted molar refractivity (Wildman–Crippen MR) is 89.9 cm³/mol. The van der Waals surface area contributed by atoms with Crippen molar-refractivity contribution in [2.45, 2.75) is 58.8 Å². The van der Waals surface area contributed by atoms with Crippen LogP contribution in [0.4, 0.5) is 0 Å². The van der Waals surface area contributed by atoms with Gasteiger partial charge in [0.05, 0.1) is 5.41 Å². The van der Waals surface area contributed by atoms with E-state index in [1.54, 1.807) is 19.9 Å². The minimum absolute atomic E-state index is 0.0256. The lowest BCUT2D eigenvalue weighted by Gasteiger charge is -2.48. The molecule has 0 aromatic carbocycles. The third-order valence-electron chi connectivity index (χ3n) is 7.88. The van der Waals surface area contributed by atoms with E-state index in [1.807, 2.05) is 13.0 Å². The van der Waals surface area contributed by atoms with Crippen molar-refractivity contribution in [1.82, 2.24) is 0 Å². The van der Waals surface area contributed by atoms with Crippen LogP contribution in [-0.4, -0.2) is 38.9 Å². The lowest BCUT2D eigenvalue weighted by molar-refractivity contribution is -0.189. The minimum Gasteiger partial charge on any atom is -0.386 e. The van der Waals surface area contributed by atoms with E-state index in [1.165, 1.54) is 0 Å². The Bertz CT molecular complexity index is 690. The molecule has 4 rings (SSSR count). The molecule has 1 spiro atoms. The van der Waals surface area contributed by atoms with E-state index in [0.717, 1.165) is 6.42 Å². The first-order valence-electron chi connectivity index (χ1n) is 9.01. The van der Waals surface area contributed by atoms with Gasteiger partial charge in [0.15, 0.2) is 5.78 Å². The SMILES string of the molecule is CC1=CC2C(=O)C3(C=C(C)C(O)C3(O)C1O)[C@H](C)C[C@@H]1[C@H]2C1(C)C. The van der Waals surface area contributed by atoms with Crippen LogP contribution in [0.15, 0.2) is 23.3 Å². The highest BCUT2D eigenvalue weighted by Gasteiger charge is 2.75. The van der Waals surface area contributed by atoms with Crippen LogP contribution in [0.1, 0.15) is 41.0 Å². The summed E-state index contributed by atoms with van der Waals surface area (Å²) >= 11 is 0. The van der Waals surface area contributed by atoms with Gasteiger partial charge in [-0.3, -0.25) is 4.79 Å². The summed E-state index contributed by atoms with van der Waals surface area (Å²) < 4.78 is 0. The largest absolute Gasteiger partial charge is 0.386 e. The Morgan fingerprint density at radius 3 is 2.33 bits per heavy atom. The third-order valence-corrected chi connectivity index (χ3v) is 7.88. The van der Waals surface area contributed by atoms with Crippen LogP contribution in [0.3, 0.4) is 0 Å². The smallest absolute Gasteiger partial charge is 0.153 e. The van der Waals surface area contributed by atoms with Gasteiger partial charge in [-0.2, -0.15) is 0 Å². The summed E-state index contributed by atoms with van der Waals surface area (Å²) in [6.07, 6.45) is 2.01. The summed E-state index contributed by atoms with van der Waals surface area (Å²) in [5.74, 6) is 0.240. The standard InChI is InChI=1S/C20H28O4/c1-9-6-12-14-13(18(14,4)5)7-11(3)19(17(12)23)8-10(2)16(22)20(19,24)15(9)21/h6,8,11-16,21-22,24H,7H2,1-5H3/t11-,12?,13-,14+,15?,16?,19?,20?/m1/s1. The van der Waals surface area contributed by atoms with Crippen molar-refractivity contribution in [3.8, 4) is 0 Å². The molecule has 4 heteroatoms. The van der Waals surface area contributed by atoms with Crippen molar-refractivity contribution in [2.24, 2.45) is 34.5 Å². The van der Waals surface area contributed by atoms with Crippen molar-refractivity contribution in [3.63, 3.8) is 0 Å².